The number of esters is 1. The number of carbonyl (C=O) groups is 1. The van der Waals surface area contributed by atoms with Crippen LogP contribution in [0.5, 0.6) is 5.75 Å². The molecule has 128 valence electrons. The maximum Gasteiger partial charge on any atom is 0.338 e. The minimum Gasteiger partial charge on any atom is -0.490 e. The van der Waals surface area contributed by atoms with E-state index in [9.17, 15) is 4.79 Å². The van der Waals surface area contributed by atoms with Crippen molar-refractivity contribution in [2.24, 2.45) is 0 Å². The summed E-state index contributed by atoms with van der Waals surface area (Å²) in [6, 6.07) is 14.4. The van der Waals surface area contributed by atoms with Crippen molar-refractivity contribution in [2.75, 3.05) is 30.8 Å². The summed E-state index contributed by atoms with van der Waals surface area (Å²) in [6.45, 7) is 3.58. The summed E-state index contributed by atoms with van der Waals surface area (Å²) >= 11 is 0. The van der Waals surface area contributed by atoms with E-state index in [0.717, 1.165) is 25.1 Å². The summed E-state index contributed by atoms with van der Waals surface area (Å²) in [5, 5.41) is 3.31. The van der Waals surface area contributed by atoms with Crippen LogP contribution >= 0.6 is 0 Å². The largest absolute Gasteiger partial charge is 0.490 e. The highest BCUT2D eigenvalue weighted by Crippen LogP contribution is 2.13. The van der Waals surface area contributed by atoms with E-state index in [0.29, 0.717) is 23.6 Å². The third-order valence-electron chi connectivity index (χ3n) is 3.45. The molecule has 0 fully saturated rings. The van der Waals surface area contributed by atoms with Crippen LogP contribution in [0.2, 0.25) is 0 Å². The van der Waals surface area contributed by atoms with Crippen LogP contribution < -0.4 is 15.8 Å². The fourth-order valence-electron chi connectivity index (χ4n) is 2.07. The Morgan fingerprint density at radius 3 is 2.42 bits per heavy atom. The lowest BCUT2D eigenvalue weighted by molar-refractivity contribution is 0.0450. The Morgan fingerprint density at radius 2 is 1.75 bits per heavy atom. The summed E-state index contributed by atoms with van der Waals surface area (Å²) in [4.78, 5) is 12.0. The third-order valence-corrected chi connectivity index (χ3v) is 3.45. The van der Waals surface area contributed by atoms with Crippen LogP contribution in [0.15, 0.2) is 48.5 Å². The lowest BCUT2D eigenvalue weighted by atomic mass is 10.2. The van der Waals surface area contributed by atoms with Gasteiger partial charge < -0.3 is 20.5 Å². The Bertz CT molecular complexity index is 624. The number of rotatable bonds is 9. The first kappa shape index (κ1) is 17.7. The van der Waals surface area contributed by atoms with Gasteiger partial charge in [0.2, 0.25) is 0 Å². The molecule has 0 radical (unpaired) electrons. The molecule has 2 rings (SSSR count). The number of nitrogens with one attached hydrogen (secondary N) is 1. The number of nitrogen functional groups attached to an aromatic ring is 1. The van der Waals surface area contributed by atoms with Gasteiger partial charge in [-0.1, -0.05) is 13.3 Å². The molecule has 0 amide bonds. The zero-order chi connectivity index (χ0) is 17.2. The van der Waals surface area contributed by atoms with E-state index >= 15 is 0 Å². The average molecular weight is 328 g/mol. The van der Waals surface area contributed by atoms with E-state index < -0.39 is 0 Å². The molecule has 5 nitrogen and oxygen atoms in total. The molecule has 0 spiro atoms. The monoisotopic (exact) mass is 328 g/mol. The van der Waals surface area contributed by atoms with Gasteiger partial charge in [-0.25, -0.2) is 4.79 Å². The topological polar surface area (TPSA) is 73.6 Å². The molecule has 5 heteroatoms. The summed E-state index contributed by atoms with van der Waals surface area (Å²) < 4.78 is 10.7. The van der Waals surface area contributed by atoms with Gasteiger partial charge in [-0.15, -0.1) is 0 Å². The van der Waals surface area contributed by atoms with Crippen LogP contribution in [0.3, 0.4) is 0 Å². The van der Waals surface area contributed by atoms with Gasteiger partial charge in [-0.2, -0.15) is 0 Å². The molecular weight excluding hydrogens is 304 g/mol. The van der Waals surface area contributed by atoms with Crippen LogP contribution in [0.4, 0.5) is 11.4 Å². The van der Waals surface area contributed by atoms with Crippen LogP contribution in [0.25, 0.3) is 0 Å². The molecule has 0 aromatic heterocycles. The van der Waals surface area contributed by atoms with E-state index in [1.807, 2.05) is 12.1 Å². The number of hydrogen-bond acceptors (Lipinski definition) is 5. The quantitative estimate of drug-likeness (QED) is 0.417. The first-order valence-electron chi connectivity index (χ1n) is 8.18. The number of benzene rings is 2. The smallest absolute Gasteiger partial charge is 0.338 e. The first-order chi connectivity index (χ1) is 11.7. The minimum absolute atomic E-state index is 0.194. The maximum absolute atomic E-state index is 12.0. The molecule has 0 aliphatic carbocycles. The summed E-state index contributed by atoms with van der Waals surface area (Å²) in [6.07, 6.45) is 2.27. The number of unbranched alkanes of at least 4 members (excludes halogenated alkanes) is 1. The zero-order valence-electron chi connectivity index (χ0n) is 14.0. The predicted molar refractivity (Wildman–Crippen MR) is 96.5 cm³/mol. The van der Waals surface area contributed by atoms with Gasteiger partial charge in [0.1, 0.15) is 19.0 Å². The number of ether oxygens (including phenoxy) is 2. The Kier molecular flexibility index (Phi) is 6.95. The highest BCUT2D eigenvalue weighted by molar-refractivity contribution is 5.89. The Hall–Kier alpha value is -2.69. The molecule has 0 saturated heterocycles. The van der Waals surface area contributed by atoms with E-state index in [4.69, 9.17) is 15.2 Å². The molecule has 0 saturated carbocycles. The van der Waals surface area contributed by atoms with Crippen molar-refractivity contribution >= 4 is 17.3 Å². The Balaban J connectivity index is 1.71. The number of carbonyl (C=O) groups excluding carboxylic acids is 1. The van der Waals surface area contributed by atoms with Gasteiger partial charge in [0, 0.05) is 17.9 Å². The predicted octanol–water partition coefficient (Wildman–Crippen LogP) is 3.72. The van der Waals surface area contributed by atoms with Crippen LogP contribution in [0, 0.1) is 0 Å². The number of nitrogens with two attached hydrogens (primary N) is 1. The van der Waals surface area contributed by atoms with Crippen LogP contribution in [-0.4, -0.2) is 25.7 Å². The summed E-state index contributed by atoms with van der Waals surface area (Å²) in [5.41, 5.74) is 7.82. The van der Waals surface area contributed by atoms with Gasteiger partial charge in [0.25, 0.3) is 0 Å². The number of hydrogen-bond donors (Lipinski definition) is 2. The summed E-state index contributed by atoms with van der Waals surface area (Å²) in [7, 11) is 0. The van der Waals surface area contributed by atoms with Crippen molar-refractivity contribution in [3.05, 3.63) is 54.1 Å². The second kappa shape index (κ2) is 9.45. The van der Waals surface area contributed by atoms with Crippen molar-refractivity contribution in [1.82, 2.24) is 0 Å². The SMILES string of the molecule is CCCCNc1ccc(C(=O)OCCOc2ccc(N)cc2)cc1. The zero-order valence-corrected chi connectivity index (χ0v) is 14.0. The van der Waals surface area contributed by atoms with Crippen LogP contribution in [-0.2, 0) is 4.74 Å². The van der Waals surface area contributed by atoms with Crippen molar-refractivity contribution in [1.29, 1.82) is 0 Å². The molecule has 2 aromatic carbocycles. The molecule has 0 unspecified atom stereocenters. The third kappa shape index (κ3) is 5.83. The molecule has 24 heavy (non-hydrogen) atoms. The second-order valence-corrected chi connectivity index (χ2v) is 5.41. The molecular formula is C19H24N2O3. The minimum atomic E-state index is -0.351. The second-order valence-electron chi connectivity index (χ2n) is 5.41. The fourth-order valence-corrected chi connectivity index (χ4v) is 2.07. The molecule has 0 bridgehead atoms. The molecule has 0 aliphatic heterocycles. The molecule has 0 heterocycles. The van der Waals surface area contributed by atoms with E-state index in [1.165, 1.54) is 0 Å². The summed E-state index contributed by atoms with van der Waals surface area (Å²) in [5.74, 6) is 0.346. The van der Waals surface area contributed by atoms with Gasteiger partial charge in [-0.05, 0) is 55.0 Å². The van der Waals surface area contributed by atoms with Gasteiger partial charge in [0.15, 0.2) is 0 Å². The van der Waals surface area contributed by atoms with Gasteiger partial charge >= 0.3 is 5.97 Å². The molecule has 0 atom stereocenters. The van der Waals surface area contributed by atoms with Gasteiger partial charge in [-0.3, -0.25) is 0 Å². The van der Waals surface area contributed by atoms with Crippen molar-refractivity contribution in [3.8, 4) is 5.75 Å². The molecule has 3 N–H and O–H groups in total. The Morgan fingerprint density at radius 1 is 1.04 bits per heavy atom. The van der Waals surface area contributed by atoms with Crippen LogP contribution in [0.1, 0.15) is 30.1 Å². The van der Waals surface area contributed by atoms with Crippen molar-refractivity contribution < 1.29 is 14.3 Å². The average Bonchev–Trinajstić information content (AvgIpc) is 2.61. The lowest BCUT2D eigenvalue weighted by Crippen LogP contribution is -2.12. The van der Waals surface area contributed by atoms with Crippen molar-refractivity contribution in [3.63, 3.8) is 0 Å². The molecule has 2 aromatic rings. The lowest BCUT2D eigenvalue weighted by Gasteiger charge is -2.09. The van der Waals surface area contributed by atoms with Gasteiger partial charge in [0.05, 0.1) is 5.56 Å². The Labute approximate surface area is 142 Å². The maximum atomic E-state index is 12.0. The van der Waals surface area contributed by atoms with E-state index in [2.05, 4.69) is 12.2 Å². The first-order valence-corrected chi connectivity index (χ1v) is 8.18. The highest BCUT2D eigenvalue weighted by Gasteiger charge is 2.06. The molecule has 0 aliphatic rings. The standard InChI is InChI=1S/C19H24N2O3/c1-2-3-12-21-17-8-4-15(5-9-17)19(22)24-14-13-23-18-10-6-16(20)7-11-18/h4-11,21H,2-3,12-14,20H2,1H3. The van der Waals surface area contributed by atoms with Crippen molar-refractivity contribution in [2.45, 2.75) is 19.8 Å². The van der Waals surface area contributed by atoms with E-state index in [-0.39, 0.29) is 12.6 Å². The highest BCUT2D eigenvalue weighted by atomic mass is 16.6. The van der Waals surface area contributed by atoms with E-state index in [1.54, 1.807) is 36.4 Å². The normalized spacial score (nSPS) is 10.2. The fraction of sp³-hybridized carbons (Fsp3) is 0.316. The number of anilines is 2.